The first kappa shape index (κ1) is 61.4. The van der Waals surface area contributed by atoms with E-state index in [2.05, 4.69) is 0 Å². The maximum Gasteiger partial charge on any atom is 0.308 e. The molecule has 0 saturated carbocycles. The topological polar surface area (TPSA) is 354 Å². The van der Waals surface area contributed by atoms with Gasteiger partial charge in [-0.3, -0.25) is 52.7 Å². The van der Waals surface area contributed by atoms with Crippen LogP contribution in [0.25, 0.3) is 0 Å². The third-order valence-corrected chi connectivity index (χ3v) is 10.7. The Morgan fingerprint density at radius 3 is 1.10 bits per heavy atom. The summed E-state index contributed by atoms with van der Waals surface area (Å²) in [5.74, 6) is -19.1. The Morgan fingerprint density at radius 2 is 0.667 bits per heavy atom. The van der Waals surface area contributed by atoms with Gasteiger partial charge in [0.25, 0.3) is 0 Å². The van der Waals surface area contributed by atoms with Crippen molar-refractivity contribution in [3.05, 3.63) is 78.0 Å². The molecule has 29 heteroatoms. The van der Waals surface area contributed by atoms with Crippen molar-refractivity contribution in [3.63, 3.8) is 0 Å². The zero-order valence-electron chi connectivity index (χ0n) is 47.4. The number of benzene rings is 5. The standard InChI is InChI=1S/C58H46O29/c1-23(59)70-34-12-35(71-24(2)60)14-36(13-34)82-53-46(77-30(8)66)21-48(79-32(10)68)55-57(53)87-52-43(76-29(7)65)17-38(20-45(52)85-55)81-50-40(73-26(4)62)18-39(19-41(50)74-27(5)63)83-54-47(78-31(9)67)22-49(80-33(11)69)56-58(54)86-51-42(75-28(6)64)15-37(72-25(3)61)16-44(51)84-56/h12-16,18-22,38H,17H2,1-11H3. The Bertz CT molecular complexity index is 3810. The fourth-order valence-electron chi connectivity index (χ4n) is 8.13. The quantitative estimate of drug-likeness (QED) is 0.0608. The number of esters is 11. The van der Waals surface area contributed by atoms with Crippen LogP contribution in [0.1, 0.15) is 82.6 Å². The first-order valence-corrected chi connectivity index (χ1v) is 25.2. The Morgan fingerprint density at radius 1 is 0.322 bits per heavy atom. The molecule has 5 aromatic rings. The summed E-state index contributed by atoms with van der Waals surface area (Å²) in [5, 5.41) is 0. The summed E-state index contributed by atoms with van der Waals surface area (Å²) >= 11 is 0. The van der Waals surface area contributed by atoms with Crippen molar-refractivity contribution in [1.82, 2.24) is 0 Å². The molecule has 0 amide bonds. The second-order valence-corrected chi connectivity index (χ2v) is 18.1. The van der Waals surface area contributed by atoms with Crippen molar-refractivity contribution in [2.24, 2.45) is 0 Å². The molecule has 87 heavy (non-hydrogen) atoms. The monoisotopic (exact) mass is 1210 g/mol. The molecule has 29 nitrogen and oxygen atoms in total. The van der Waals surface area contributed by atoms with Gasteiger partial charge in [-0.05, 0) is 0 Å². The van der Waals surface area contributed by atoms with E-state index in [0.717, 1.165) is 106 Å². The van der Waals surface area contributed by atoms with Crippen LogP contribution in [-0.4, -0.2) is 71.8 Å². The number of rotatable bonds is 17. The van der Waals surface area contributed by atoms with Gasteiger partial charge in [0.1, 0.15) is 34.9 Å². The predicted octanol–water partition coefficient (Wildman–Crippen LogP) is 8.70. The molecule has 452 valence electrons. The smallest absolute Gasteiger partial charge is 0.308 e. The minimum Gasteiger partial charge on any atom is -0.478 e. The van der Waals surface area contributed by atoms with Crippen LogP contribution < -0.4 is 80.5 Å². The van der Waals surface area contributed by atoms with Gasteiger partial charge in [0.15, 0.2) is 57.5 Å². The lowest BCUT2D eigenvalue weighted by Gasteiger charge is -2.32. The molecular formula is C58H46O29. The van der Waals surface area contributed by atoms with Gasteiger partial charge in [0.05, 0.1) is 6.42 Å². The van der Waals surface area contributed by atoms with E-state index in [1.807, 2.05) is 0 Å². The first-order chi connectivity index (χ1) is 41.0. The van der Waals surface area contributed by atoms with Crippen LogP contribution in [0.3, 0.4) is 0 Å². The van der Waals surface area contributed by atoms with Gasteiger partial charge >= 0.3 is 65.7 Å². The maximum absolute atomic E-state index is 12.9. The minimum atomic E-state index is -1.40. The van der Waals surface area contributed by atoms with Gasteiger partial charge < -0.3 is 85.3 Å². The molecule has 8 rings (SSSR count). The van der Waals surface area contributed by atoms with E-state index in [0.29, 0.717) is 0 Å². The highest BCUT2D eigenvalue weighted by Gasteiger charge is 2.41. The van der Waals surface area contributed by atoms with E-state index in [-0.39, 0.29) is 57.5 Å². The summed E-state index contributed by atoms with van der Waals surface area (Å²) in [7, 11) is 0. The van der Waals surface area contributed by atoms with E-state index < -0.39 is 159 Å². The fraction of sp³-hybridized carbons (Fsp3) is 0.224. The van der Waals surface area contributed by atoms with Crippen LogP contribution in [0.2, 0.25) is 0 Å². The Balaban J connectivity index is 1.25. The SMILES string of the molecule is CC(=O)OC1=C2Oc3c(c(OC(C)=O)cc(OC(C)=O)c3Oc3cc(OC(C)=O)cc(OC(C)=O)c3)OC2=CC(Oc2c(OC(C)=O)cc(Oc3c(OC(C)=O)cc(OC(C)=O)c4c3Oc3c(OC(C)=O)cc(OC(C)=O)cc3O4)cc2OC(C)=O)C1. The van der Waals surface area contributed by atoms with Crippen LogP contribution in [0.5, 0.6) is 121 Å². The van der Waals surface area contributed by atoms with Crippen molar-refractivity contribution >= 4 is 65.7 Å². The molecule has 0 fully saturated rings. The summed E-state index contributed by atoms with van der Waals surface area (Å²) in [6.07, 6.45) is -0.608. The zero-order valence-corrected chi connectivity index (χ0v) is 47.4. The lowest BCUT2D eigenvalue weighted by molar-refractivity contribution is -0.138. The average Bonchev–Trinajstić information content (AvgIpc) is 1.58. The van der Waals surface area contributed by atoms with E-state index in [1.165, 1.54) is 30.3 Å². The minimum absolute atomic E-state index is 0.168. The Kier molecular flexibility index (Phi) is 18.0. The molecule has 0 N–H and O–H groups in total. The van der Waals surface area contributed by atoms with Gasteiger partial charge in [0.2, 0.25) is 51.8 Å². The van der Waals surface area contributed by atoms with Crippen molar-refractivity contribution < 1.29 is 138 Å². The van der Waals surface area contributed by atoms with Gasteiger partial charge in [-0.25, -0.2) is 0 Å². The van der Waals surface area contributed by atoms with Crippen LogP contribution in [0.15, 0.2) is 78.0 Å². The largest absolute Gasteiger partial charge is 0.478 e. The maximum atomic E-state index is 12.9. The molecule has 2 heterocycles. The number of carbonyl (C=O) groups is 11. The van der Waals surface area contributed by atoms with Gasteiger partial charge in [-0.2, -0.15) is 0 Å². The van der Waals surface area contributed by atoms with E-state index in [4.69, 9.17) is 85.3 Å². The van der Waals surface area contributed by atoms with Crippen molar-refractivity contribution in [2.45, 2.75) is 88.7 Å². The van der Waals surface area contributed by atoms with Crippen LogP contribution >= 0.6 is 0 Å². The van der Waals surface area contributed by atoms with E-state index >= 15 is 0 Å². The second-order valence-electron chi connectivity index (χ2n) is 18.1. The van der Waals surface area contributed by atoms with Crippen LogP contribution in [-0.2, 0) is 57.5 Å². The summed E-state index contributed by atoms with van der Waals surface area (Å²) in [6.45, 7) is 11.6. The number of fused-ring (bicyclic) bond motifs is 4. The molecule has 1 atom stereocenters. The Hall–Kier alpha value is -11.7. The number of carbonyl (C=O) groups excluding carboxylic acids is 11. The van der Waals surface area contributed by atoms with Crippen molar-refractivity contribution in [1.29, 1.82) is 0 Å². The molecule has 2 aliphatic heterocycles. The molecule has 5 aromatic carbocycles. The van der Waals surface area contributed by atoms with Crippen molar-refractivity contribution in [3.8, 4) is 121 Å². The van der Waals surface area contributed by atoms with Crippen LogP contribution in [0, 0.1) is 0 Å². The van der Waals surface area contributed by atoms with Gasteiger partial charge in [-0.1, -0.05) is 0 Å². The van der Waals surface area contributed by atoms with Gasteiger partial charge in [-0.15, -0.1) is 0 Å². The molecule has 0 aromatic heterocycles. The molecule has 3 aliphatic rings. The Labute approximate surface area is 489 Å². The summed E-state index contributed by atoms with van der Waals surface area (Å²) in [4.78, 5) is 137. The average molecular weight is 1210 g/mol. The lowest BCUT2D eigenvalue weighted by Crippen LogP contribution is -2.28. The van der Waals surface area contributed by atoms with Crippen molar-refractivity contribution in [2.75, 3.05) is 0 Å². The van der Waals surface area contributed by atoms with E-state index in [9.17, 15) is 52.7 Å². The van der Waals surface area contributed by atoms with Gasteiger partial charge in [0, 0.05) is 137 Å². The molecule has 0 bridgehead atoms. The highest BCUT2D eigenvalue weighted by Crippen LogP contribution is 2.62. The number of hydrogen-bond acceptors (Lipinski definition) is 29. The summed E-state index contributed by atoms with van der Waals surface area (Å²) in [5.41, 5.74) is 0. The third kappa shape index (κ3) is 15.1. The first-order valence-electron chi connectivity index (χ1n) is 25.2. The highest BCUT2D eigenvalue weighted by atomic mass is 16.6. The summed E-state index contributed by atoms with van der Waals surface area (Å²) < 4.78 is 104. The number of ether oxygens (including phenoxy) is 18. The molecule has 0 spiro atoms. The fourth-order valence-corrected chi connectivity index (χ4v) is 8.13. The highest BCUT2D eigenvalue weighted by molar-refractivity contribution is 5.83. The number of hydrogen-bond donors (Lipinski definition) is 0. The normalized spacial score (nSPS) is 13.0. The molecule has 0 saturated heterocycles. The second kappa shape index (κ2) is 25.5. The molecule has 1 unspecified atom stereocenters. The zero-order chi connectivity index (χ0) is 63.3. The molecular weight excluding hydrogens is 1160 g/mol. The summed E-state index contributed by atoms with van der Waals surface area (Å²) in [6, 6.07) is 10.0. The molecule has 0 radical (unpaired) electrons. The van der Waals surface area contributed by atoms with Crippen LogP contribution in [0.4, 0.5) is 0 Å². The molecule has 1 aliphatic carbocycles. The predicted molar refractivity (Wildman–Crippen MR) is 283 cm³/mol. The lowest BCUT2D eigenvalue weighted by atomic mass is 10.1. The van der Waals surface area contributed by atoms with E-state index in [1.54, 1.807) is 0 Å². The third-order valence-electron chi connectivity index (χ3n) is 10.7.